The van der Waals surface area contributed by atoms with Gasteiger partial charge in [-0.15, -0.1) is 0 Å². The van der Waals surface area contributed by atoms with Crippen LogP contribution in [-0.2, 0) is 29.1 Å². The van der Waals surface area contributed by atoms with Gasteiger partial charge in [-0.1, -0.05) is 66.7 Å². The molecule has 6 heteroatoms. The standard InChI is InChI=1S/C25H19N3O3/c26-14-15-28-23(27-22-9-5-4-8-21(22)25(28)30)17-31-24(29)16-18-10-12-20(13-11-18)19-6-2-1-3-7-19/h1-13H,15-17H2. The van der Waals surface area contributed by atoms with Gasteiger partial charge in [-0.05, 0) is 28.8 Å². The zero-order valence-corrected chi connectivity index (χ0v) is 16.7. The summed E-state index contributed by atoms with van der Waals surface area (Å²) in [5, 5.41) is 9.49. The number of nitriles is 1. The number of ether oxygens (including phenoxy) is 1. The number of rotatable bonds is 6. The summed E-state index contributed by atoms with van der Waals surface area (Å²) in [7, 11) is 0. The van der Waals surface area contributed by atoms with E-state index < -0.39 is 5.97 Å². The number of para-hydroxylation sites is 1. The van der Waals surface area contributed by atoms with Gasteiger partial charge in [0.2, 0.25) is 0 Å². The van der Waals surface area contributed by atoms with E-state index in [9.17, 15) is 9.59 Å². The monoisotopic (exact) mass is 409 g/mol. The molecule has 6 nitrogen and oxygen atoms in total. The van der Waals surface area contributed by atoms with Crippen LogP contribution >= 0.6 is 0 Å². The van der Waals surface area contributed by atoms with Gasteiger partial charge in [0.25, 0.3) is 5.56 Å². The Labute approximate surface area is 179 Å². The SMILES string of the molecule is N#CCn1c(COC(=O)Cc2ccc(-c3ccccc3)cc2)nc2ccccc2c1=O. The van der Waals surface area contributed by atoms with Crippen LogP contribution in [0.5, 0.6) is 0 Å². The van der Waals surface area contributed by atoms with Crippen LogP contribution in [0.4, 0.5) is 0 Å². The molecular formula is C25H19N3O3. The fourth-order valence-electron chi connectivity index (χ4n) is 3.37. The lowest BCUT2D eigenvalue weighted by Crippen LogP contribution is -2.26. The molecule has 0 fully saturated rings. The lowest BCUT2D eigenvalue weighted by atomic mass is 10.0. The van der Waals surface area contributed by atoms with Gasteiger partial charge in [0, 0.05) is 0 Å². The normalized spacial score (nSPS) is 10.5. The van der Waals surface area contributed by atoms with E-state index >= 15 is 0 Å². The highest BCUT2D eigenvalue weighted by Gasteiger charge is 2.13. The molecule has 1 aromatic heterocycles. The lowest BCUT2D eigenvalue weighted by molar-refractivity contribution is -0.144. The molecule has 31 heavy (non-hydrogen) atoms. The van der Waals surface area contributed by atoms with Crippen LogP contribution < -0.4 is 5.56 Å². The van der Waals surface area contributed by atoms with Crippen molar-refractivity contribution >= 4 is 16.9 Å². The van der Waals surface area contributed by atoms with Crippen LogP contribution in [0, 0.1) is 11.3 Å². The molecule has 3 aromatic carbocycles. The highest BCUT2D eigenvalue weighted by Crippen LogP contribution is 2.19. The van der Waals surface area contributed by atoms with Crippen LogP contribution in [0.25, 0.3) is 22.0 Å². The summed E-state index contributed by atoms with van der Waals surface area (Å²) in [5.41, 5.74) is 3.18. The van der Waals surface area contributed by atoms with Gasteiger partial charge in [-0.2, -0.15) is 5.26 Å². The van der Waals surface area contributed by atoms with E-state index in [1.54, 1.807) is 24.3 Å². The van der Waals surface area contributed by atoms with Crippen LogP contribution in [0.3, 0.4) is 0 Å². The van der Waals surface area contributed by atoms with E-state index in [0.29, 0.717) is 10.9 Å². The van der Waals surface area contributed by atoms with Crippen molar-refractivity contribution in [2.45, 2.75) is 19.6 Å². The van der Waals surface area contributed by atoms with E-state index in [4.69, 9.17) is 10.00 Å². The first kappa shape index (κ1) is 20.0. The first-order chi connectivity index (χ1) is 15.2. The average Bonchev–Trinajstić information content (AvgIpc) is 2.81. The second-order valence-electron chi connectivity index (χ2n) is 7.00. The van der Waals surface area contributed by atoms with Crippen molar-refractivity contribution < 1.29 is 9.53 Å². The second kappa shape index (κ2) is 9.06. The summed E-state index contributed by atoms with van der Waals surface area (Å²) in [6, 6.07) is 26.5. The number of carbonyl (C=O) groups excluding carboxylic acids is 1. The molecule has 0 aliphatic carbocycles. The van der Waals surface area contributed by atoms with Gasteiger partial charge in [-0.25, -0.2) is 4.98 Å². The van der Waals surface area contributed by atoms with Crippen molar-refractivity contribution in [3.8, 4) is 17.2 Å². The predicted molar refractivity (Wildman–Crippen MR) is 117 cm³/mol. The van der Waals surface area contributed by atoms with E-state index in [0.717, 1.165) is 16.7 Å². The Morgan fingerprint density at radius 1 is 0.935 bits per heavy atom. The predicted octanol–water partition coefficient (Wildman–Crippen LogP) is 3.87. The fraction of sp³-hybridized carbons (Fsp3) is 0.120. The quantitative estimate of drug-likeness (QED) is 0.451. The number of aromatic nitrogens is 2. The average molecular weight is 409 g/mol. The van der Waals surface area contributed by atoms with Crippen molar-refractivity contribution in [3.05, 3.63) is 101 Å². The third-order valence-corrected chi connectivity index (χ3v) is 4.94. The zero-order chi connectivity index (χ0) is 21.6. The molecule has 0 aliphatic heterocycles. The van der Waals surface area contributed by atoms with Crippen molar-refractivity contribution in [3.63, 3.8) is 0 Å². The summed E-state index contributed by atoms with van der Waals surface area (Å²) in [6.07, 6.45) is 0.102. The molecule has 4 rings (SSSR count). The first-order valence-electron chi connectivity index (χ1n) is 9.81. The summed E-state index contributed by atoms with van der Waals surface area (Å²) in [4.78, 5) is 29.4. The smallest absolute Gasteiger partial charge is 0.310 e. The van der Waals surface area contributed by atoms with Crippen LogP contribution in [0.1, 0.15) is 11.4 Å². The Morgan fingerprint density at radius 2 is 1.61 bits per heavy atom. The van der Waals surface area contributed by atoms with Gasteiger partial charge < -0.3 is 4.74 Å². The van der Waals surface area contributed by atoms with Crippen LogP contribution in [0.15, 0.2) is 83.7 Å². The molecule has 0 spiro atoms. The minimum atomic E-state index is -0.432. The maximum atomic E-state index is 12.7. The van der Waals surface area contributed by atoms with Gasteiger partial charge in [0.1, 0.15) is 13.2 Å². The summed E-state index contributed by atoms with van der Waals surface area (Å²) in [5.74, 6) is -0.184. The topological polar surface area (TPSA) is 85.0 Å². The van der Waals surface area contributed by atoms with Crippen LogP contribution in [-0.4, -0.2) is 15.5 Å². The Hall–Kier alpha value is -4.24. The highest BCUT2D eigenvalue weighted by molar-refractivity contribution is 5.77. The largest absolute Gasteiger partial charge is 0.457 e. The molecule has 0 unspecified atom stereocenters. The number of esters is 1. The van der Waals surface area contributed by atoms with Crippen LogP contribution in [0.2, 0.25) is 0 Å². The molecular weight excluding hydrogens is 390 g/mol. The number of fused-ring (bicyclic) bond motifs is 1. The Kier molecular flexibility index (Phi) is 5.86. The number of carbonyl (C=O) groups is 1. The molecule has 0 bridgehead atoms. The lowest BCUT2D eigenvalue weighted by Gasteiger charge is -2.11. The molecule has 0 saturated carbocycles. The summed E-state index contributed by atoms with van der Waals surface area (Å²) in [6.45, 7) is -0.340. The number of nitrogens with zero attached hydrogens (tertiary/aromatic N) is 3. The molecule has 0 radical (unpaired) electrons. The molecule has 4 aromatic rings. The van der Waals surface area contributed by atoms with E-state index in [1.165, 1.54) is 4.57 Å². The molecule has 0 N–H and O–H groups in total. The molecule has 152 valence electrons. The van der Waals surface area contributed by atoms with E-state index in [-0.39, 0.29) is 31.0 Å². The second-order valence-corrected chi connectivity index (χ2v) is 7.00. The number of benzene rings is 3. The van der Waals surface area contributed by atoms with Gasteiger partial charge in [0.05, 0.1) is 23.4 Å². The maximum Gasteiger partial charge on any atom is 0.310 e. The van der Waals surface area contributed by atoms with Gasteiger partial charge >= 0.3 is 5.97 Å². The fourth-order valence-corrected chi connectivity index (χ4v) is 3.37. The molecule has 0 saturated heterocycles. The third kappa shape index (κ3) is 4.51. The molecule has 0 atom stereocenters. The van der Waals surface area contributed by atoms with E-state index in [1.807, 2.05) is 60.7 Å². The zero-order valence-electron chi connectivity index (χ0n) is 16.7. The molecule has 1 heterocycles. The highest BCUT2D eigenvalue weighted by atomic mass is 16.5. The molecule has 0 aliphatic rings. The van der Waals surface area contributed by atoms with E-state index in [2.05, 4.69) is 4.98 Å². The summed E-state index contributed by atoms with van der Waals surface area (Å²) < 4.78 is 6.61. The van der Waals surface area contributed by atoms with Crippen molar-refractivity contribution in [1.29, 1.82) is 5.26 Å². The van der Waals surface area contributed by atoms with Crippen molar-refractivity contribution in [1.82, 2.24) is 9.55 Å². The minimum absolute atomic E-state index is 0.102. The Morgan fingerprint density at radius 3 is 2.35 bits per heavy atom. The number of hydrogen-bond acceptors (Lipinski definition) is 5. The Bertz CT molecular complexity index is 1320. The minimum Gasteiger partial charge on any atom is -0.457 e. The van der Waals surface area contributed by atoms with Gasteiger partial charge in [-0.3, -0.25) is 14.2 Å². The van der Waals surface area contributed by atoms with Crippen molar-refractivity contribution in [2.24, 2.45) is 0 Å². The molecule has 0 amide bonds. The Balaban J connectivity index is 1.46. The first-order valence-corrected chi connectivity index (χ1v) is 9.81. The number of hydrogen-bond donors (Lipinski definition) is 0. The van der Waals surface area contributed by atoms with Crippen molar-refractivity contribution in [2.75, 3.05) is 0 Å². The third-order valence-electron chi connectivity index (χ3n) is 4.94. The summed E-state index contributed by atoms with van der Waals surface area (Å²) >= 11 is 0. The van der Waals surface area contributed by atoms with Gasteiger partial charge in [0.15, 0.2) is 5.82 Å². The maximum absolute atomic E-state index is 12.7.